The summed E-state index contributed by atoms with van der Waals surface area (Å²) in [5, 5.41) is 15.7. The Morgan fingerprint density at radius 2 is 2.15 bits per heavy atom. The van der Waals surface area contributed by atoms with E-state index in [2.05, 4.69) is 31.5 Å². The van der Waals surface area contributed by atoms with E-state index < -0.39 is 0 Å². The molecular weight excluding hydrogens is 322 g/mol. The van der Waals surface area contributed by atoms with Crippen molar-refractivity contribution in [3.8, 4) is 5.75 Å². The molecule has 1 saturated heterocycles. The lowest BCUT2D eigenvalue weighted by atomic mass is 10.2. The maximum Gasteiger partial charge on any atom is 0.251 e. The molecule has 20 heavy (non-hydrogen) atoms. The number of carbonyl (C=O) groups is 1. The molecule has 0 atom stereocenters. The van der Waals surface area contributed by atoms with Gasteiger partial charge in [-0.2, -0.15) is 0 Å². The van der Waals surface area contributed by atoms with Crippen molar-refractivity contribution < 1.29 is 9.90 Å². The van der Waals surface area contributed by atoms with E-state index in [1.165, 1.54) is 6.07 Å². The van der Waals surface area contributed by atoms with Crippen LogP contribution >= 0.6 is 15.9 Å². The number of carbonyl (C=O) groups excluding carboxylic acids is 1. The lowest BCUT2D eigenvalue weighted by molar-refractivity contribution is 0.0951. The number of halogens is 1. The Labute approximate surface area is 127 Å². The number of benzene rings is 1. The fourth-order valence-electron chi connectivity index (χ4n) is 2.20. The predicted molar refractivity (Wildman–Crippen MR) is 82.1 cm³/mol. The topological polar surface area (TPSA) is 64.6 Å². The molecule has 1 aliphatic rings. The molecule has 3 N–H and O–H groups in total. The van der Waals surface area contributed by atoms with Crippen molar-refractivity contribution in [3.63, 3.8) is 0 Å². The largest absolute Gasteiger partial charge is 0.507 e. The van der Waals surface area contributed by atoms with Crippen LogP contribution in [0.25, 0.3) is 0 Å². The normalized spacial score (nSPS) is 16.1. The molecule has 0 spiro atoms. The van der Waals surface area contributed by atoms with Crippen LogP contribution in [-0.2, 0) is 0 Å². The summed E-state index contributed by atoms with van der Waals surface area (Å²) < 4.78 is 0.591. The number of phenols is 1. The van der Waals surface area contributed by atoms with E-state index in [0.717, 1.165) is 39.1 Å². The van der Waals surface area contributed by atoms with Gasteiger partial charge < -0.3 is 20.6 Å². The van der Waals surface area contributed by atoms with Crippen molar-refractivity contribution in [1.29, 1.82) is 0 Å². The fourth-order valence-corrected chi connectivity index (χ4v) is 2.44. The Morgan fingerprint density at radius 3 is 2.85 bits per heavy atom. The summed E-state index contributed by atoms with van der Waals surface area (Å²) in [7, 11) is 0. The van der Waals surface area contributed by atoms with E-state index in [4.69, 9.17) is 0 Å². The third-order valence-electron chi connectivity index (χ3n) is 3.35. The van der Waals surface area contributed by atoms with E-state index in [1.807, 2.05) is 0 Å². The van der Waals surface area contributed by atoms with Crippen molar-refractivity contribution in [2.45, 2.75) is 6.42 Å². The monoisotopic (exact) mass is 341 g/mol. The molecule has 5 nitrogen and oxygen atoms in total. The second-order valence-corrected chi connectivity index (χ2v) is 5.72. The highest BCUT2D eigenvalue weighted by molar-refractivity contribution is 9.10. The SMILES string of the molecule is O=C(NCCCN1CCNCC1)c1ccc(Br)c(O)c1. The highest BCUT2D eigenvalue weighted by Gasteiger charge is 2.10. The molecule has 0 unspecified atom stereocenters. The second kappa shape index (κ2) is 7.61. The lowest BCUT2D eigenvalue weighted by Crippen LogP contribution is -2.44. The lowest BCUT2D eigenvalue weighted by Gasteiger charge is -2.27. The summed E-state index contributed by atoms with van der Waals surface area (Å²) in [4.78, 5) is 14.3. The number of piperazine rings is 1. The van der Waals surface area contributed by atoms with Gasteiger partial charge in [0.15, 0.2) is 0 Å². The van der Waals surface area contributed by atoms with Crippen LogP contribution in [0.15, 0.2) is 22.7 Å². The summed E-state index contributed by atoms with van der Waals surface area (Å²) in [6.07, 6.45) is 0.939. The molecule has 1 amide bonds. The van der Waals surface area contributed by atoms with Gasteiger partial charge in [0.25, 0.3) is 5.91 Å². The molecule has 0 bridgehead atoms. The molecule has 0 aliphatic carbocycles. The smallest absolute Gasteiger partial charge is 0.251 e. The van der Waals surface area contributed by atoms with Crippen LogP contribution in [0.2, 0.25) is 0 Å². The maximum absolute atomic E-state index is 11.9. The van der Waals surface area contributed by atoms with Gasteiger partial charge in [-0.05, 0) is 47.1 Å². The van der Waals surface area contributed by atoms with E-state index >= 15 is 0 Å². The quantitative estimate of drug-likeness (QED) is 0.703. The number of hydrogen-bond acceptors (Lipinski definition) is 4. The molecule has 0 radical (unpaired) electrons. The van der Waals surface area contributed by atoms with E-state index in [9.17, 15) is 9.90 Å². The van der Waals surface area contributed by atoms with Crippen LogP contribution in [0.5, 0.6) is 5.75 Å². The molecule has 110 valence electrons. The number of amides is 1. The molecule has 1 aromatic carbocycles. The Bertz CT molecular complexity index is 462. The molecule has 0 saturated carbocycles. The predicted octanol–water partition coefficient (Wildman–Crippen LogP) is 1.18. The van der Waals surface area contributed by atoms with Gasteiger partial charge >= 0.3 is 0 Å². The standard InChI is InChI=1S/C14H20BrN3O2/c15-12-3-2-11(10-13(12)19)14(20)17-4-1-7-18-8-5-16-6-9-18/h2-3,10,16,19H,1,4-9H2,(H,17,20). The van der Waals surface area contributed by atoms with Crippen LogP contribution in [-0.4, -0.2) is 55.2 Å². The average Bonchev–Trinajstić information content (AvgIpc) is 2.47. The van der Waals surface area contributed by atoms with Crippen LogP contribution in [0.4, 0.5) is 0 Å². The van der Waals surface area contributed by atoms with Crippen LogP contribution in [0.3, 0.4) is 0 Å². The van der Waals surface area contributed by atoms with Gasteiger partial charge in [-0.25, -0.2) is 0 Å². The highest BCUT2D eigenvalue weighted by Crippen LogP contribution is 2.24. The van der Waals surface area contributed by atoms with Crippen molar-refractivity contribution in [3.05, 3.63) is 28.2 Å². The first kappa shape index (κ1) is 15.3. The molecule has 1 aromatic rings. The number of aromatic hydroxyl groups is 1. The van der Waals surface area contributed by atoms with E-state index in [-0.39, 0.29) is 11.7 Å². The number of nitrogens with one attached hydrogen (secondary N) is 2. The average molecular weight is 342 g/mol. The highest BCUT2D eigenvalue weighted by atomic mass is 79.9. The van der Waals surface area contributed by atoms with Gasteiger partial charge in [0.2, 0.25) is 0 Å². The van der Waals surface area contributed by atoms with E-state index in [1.54, 1.807) is 12.1 Å². The Balaban J connectivity index is 1.70. The summed E-state index contributed by atoms with van der Waals surface area (Å²) in [5.41, 5.74) is 0.480. The summed E-state index contributed by atoms with van der Waals surface area (Å²) in [6, 6.07) is 4.83. The molecule has 1 aliphatic heterocycles. The first-order valence-corrected chi connectivity index (χ1v) is 7.66. The fraction of sp³-hybridized carbons (Fsp3) is 0.500. The van der Waals surface area contributed by atoms with Crippen LogP contribution in [0.1, 0.15) is 16.8 Å². The Hall–Kier alpha value is -1.11. The zero-order valence-electron chi connectivity index (χ0n) is 11.4. The summed E-state index contributed by atoms with van der Waals surface area (Å²) >= 11 is 3.19. The molecule has 2 rings (SSSR count). The number of nitrogens with zero attached hydrogens (tertiary/aromatic N) is 1. The zero-order chi connectivity index (χ0) is 14.4. The minimum absolute atomic E-state index is 0.0819. The molecular formula is C14H20BrN3O2. The van der Waals surface area contributed by atoms with Crippen molar-refractivity contribution in [2.24, 2.45) is 0 Å². The van der Waals surface area contributed by atoms with Gasteiger partial charge in [0, 0.05) is 38.3 Å². The van der Waals surface area contributed by atoms with E-state index in [0.29, 0.717) is 16.6 Å². The molecule has 6 heteroatoms. The maximum atomic E-state index is 11.9. The van der Waals surface area contributed by atoms with Gasteiger partial charge in [-0.15, -0.1) is 0 Å². The first-order valence-electron chi connectivity index (χ1n) is 6.86. The van der Waals surface area contributed by atoms with Gasteiger partial charge in [-0.3, -0.25) is 4.79 Å². The summed E-state index contributed by atoms with van der Waals surface area (Å²) in [5.74, 6) is -0.0634. The third-order valence-corrected chi connectivity index (χ3v) is 4.03. The van der Waals surface area contributed by atoms with Crippen molar-refractivity contribution >= 4 is 21.8 Å². The first-order chi connectivity index (χ1) is 9.66. The van der Waals surface area contributed by atoms with Crippen molar-refractivity contribution in [1.82, 2.24) is 15.5 Å². The second-order valence-electron chi connectivity index (χ2n) is 4.87. The van der Waals surface area contributed by atoms with Crippen LogP contribution < -0.4 is 10.6 Å². The Kier molecular flexibility index (Phi) is 5.82. The molecule has 1 fully saturated rings. The zero-order valence-corrected chi connectivity index (χ0v) is 12.9. The Morgan fingerprint density at radius 1 is 1.40 bits per heavy atom. The minimum atomic E-state index is -0.145. The van der Waals surface area contributed by atoms with Crippen molar-refractivity contribution in [2.75, 3.05) is 39.3 Å². The number of rotatable bonds is 5. The van der Waals surface area contributed by atoms with Gasteiger partial charge in [0.1, 0.15) is 5.75 Å². The number of phenolic OH excluding ortho intramolecular Hbond substituents is 1. The summed E-state index contributed by atoms with van der Waals surface area (Å²) in [6.45, 7) is 5.91. The molecule has 0 aromatic heterocycles. The van der Waals surface area contributed by atoms with Gasteiger partial charge in [-0.1, -0.05) is 0 Å². The number of hydrogen-bond donors (Lipinski definition) is 3. The minimum Gasteiger partial charge on any atom is -0.507 e. The van der Waals surface area contributed by atoms with Crippen LogP contribution in [0, 0.1) is 0 Å². The third kappa shape index (κ3) is 4.47. The van der Waals surface area contributed by atoms with Gasteiger partial charge in [0.05, 0.1) is 4.47 Å². The molecule has 1 heterocycles.